The summed E-state index contributed by atoms with van der Waals surface area (Å²) in [6.07, 6.45) is 0. The maximum atomic E-state index is 13.8. The Morgan fingerprint density at radius 3 is 2.55 bits per heavy atom. The molecule has 6 heteroatoms. The van der Waals surface area contributed by atoms with Gasteiger partial charge in [-0.2, -0.15) is 0 Å². The Morgan fingerprint density at radius 2 is 1.95 bits per heavy atom. The molecule has 0 aliphatic heterocycles. The molecule has 3 N–H and O–H groups in total. The van der Waals surface area contributed by atoms with Crippen LogP contribution in [-0.2, 0) is 0 Å². The number of nitrogens with two attached hydrogens (primary N) is 1. The molecule has 0 amide bonds. The molecule has 1 atom stereocenters. The number of nitrogens with one attached hydrogen (secondary N) is 1. The minimum absolute atomic E-state index is 0.143. The minimum Gasteiger partial charge on any atom is -0.496 e. The van der Waals surface area contributed by atoms with Crippen molar-refractivity contribution in [3.05, 3.63) is 63.6 Å². The molecule has 0 saturated heterocycles. The van der Waals surface area contributed by atoms with Crippen molar-refractivity contribution in [3.63, 3.8) is 0 Å². The Kier molecular flexibility index (Phi) is 4.69. The number of hydrogen-bond acceptors (Lipinski definition) is 3. The van der Waals surface area contributed by atoms with Crippen LogP contribution in [0.15, 0.2) is 40.9 Å². The lowest BCUT2D eigenvalue weighted by atomic mass is 9.98. The van der Waals surface area contributed by atoms with Crippen LogP contribution in [0, 0.1) is 11.6 Å². The van der Waals surface area contributed by atoms with Gasteiger partial charge < -0.3 is 4.74 Å². The second-order valence-corrected chi connectivity index (χ2v) is 5.01. The van der Waals surface area contributed by atoms with Crippen molar-refractivity contribution < 1.29 is 13.5 Å². The van der Waals surface area contributed by atoms with E-state index in [1.54, 1.807) is 25.3 Å². The third kappa shape index (κ3) is 2.98. The lowest BCUT2D eigenvalue weighted by molar-refractivity contribution is 0.411. The molecule has 2 rings (SSSR count). The van der Waals surface area contributed by atoms with Crippen LogP contribution in [0.4, 0.5) is 8.78 Å². The average Bonchev–Trinajstić information content (AvgIpc) is 2.44. The van der Waals surface area contributed by atoms with Crippen molar-refractivity contribution in [2.45, 2.75) is 6.04 Å². The summed E-state index contributed by atoms with van der Waals surface area (Å²) in [6, 6.07) is 7.81. The average molecular weight is 343 g/mol. The van der Waals surface area contributed by atoms with Gasteiger partial charge in [-0.25, -0.2) is 14.2 Å². The molecule has 0 aliphatic rings. The van der Waals surface area contributed by atoms with Crippen molar-refractivity contribution in [3.8, 4) is 5.75 Å². The summed E-state index contributed by atoms with van der Waals surface area (Å²) < 4.78 is 33.0. The van der Waals surface area contributed by atoms with Crippen LogP contribution in [0.25, 0.3) is 0 Å². The lowest BCUT2D eigenvalue weighted by Crippen LogP contribution is -2.29. The van der Waals surface area contributed by atoms with E-state index in [0.717, 1.165) is 18.2 Å². The summed E-state index contributed by atoms with van der Waals surface area (Å²) in [5.41, 5.74) is 3.33. The first kappa shape index (κ1) is 14.9. The van der Waals surface area contributed by atoms with Crippen LogP contribution in [0.5, 0.6) is 5.75 Å². The second kappa shape index (κ2) is 6.30. The normalized spacial score (nSPS) is 12.2. The van der Waals surface area contributed by atoms with Gasteiger partial charge in [0.15, 0.2) is 0 Å². The van der Waals surface area contributed by atoms with Gasteiger partial charge >= 0.3 is 0 Å². The van der Waals surface area contributed by atoms with E-state index in [9.17, 15) is 8.78 Å². The van der Waals surface area contributed by atoms with E-state index in [1.807, 2.05) is 0 Å². The lowest BCUT2D eigenvalue weighted by Gasteiger charge is -2.18. The Morgan fingerprint density at radius 1 is 1.20 bits per heavy atom. The van der Waals surface area contributed by atoms with E-state index in [1.165, 1.54) is 0 Å². The standard InChI is InChI=1S/C14H13BrF2N2O/c1-20-13-5-2-8(6-11(13)15)14(19-18)10-7-9(16)3-4-12(10)17/h2-7,14,19H,18H2,1H3. The highest BCUT2D eigenvalue weighted by molar-refractivity contribution is 9.10. The van der Waals surface area contributed by atoms with Crippen LogP contribution < -0.4 is 16.0 Å². The number of hydrazine groups is 1. The van der Waals surface area contributed by atoms with E-state index in [0.29, 0.717) is 15.8 Å². The van der Waals surface area contributed by atoms with Gasteiger partial charge in [0.25, 0.3) is 0 Å². The monoisotopic (exact) mass is 342 g/mol. The first-order valence-electron chi connectivity index (χ1n) is 5.81. The van der Waals surface area contributed by atoms with Crippen molar-refractivity contribution >= 4 is 15.9 Å². The number of benzene rings is 2. The first-order chi connectivity index (χ1) is 9.56. The largest absolute Gasteiger partial charge is 0.496 e. The van der Waals surface area contributed by atoms with Gasteiger partial charge in [-0.1, -0.05) is 6.07 Å². The van der Waals surface area contributed by atoms with E-state index in [4.69, 9.17) is 10.6 Å². The van der Waals surface area contributed by atoms with Gasteiger partial charge in [0.05, 0.1) is 17.6 Å². The van der Waals surface area contributed by atoms with Crippen molar-refractivity contribution in [1.29, 1.82) is 0 Å². The summed E-state index contributed by atoms with van der Waals surface area (Å²) in [5.74, 6) is 5.09. The van der Waals surface area contributed by atoms with Crippen LogP contribution >= 0.6 is 15.9 Å². The highest BCUT2D eigenvalue weighted by Crippen LogP contribution is 2.31. The number of ether oxygens (including phenoxy) is 1. The molecule has 0 aromatic heterocycles. The summed E-state index contributed by atoms with van der Waals surface area (Å²) in [5, 5.41) is 0. The predicted molar refractivity (Wildman–Crippen MR) is 76.2 cm³/mol. The summed E-state index contributed by atoms with van der Waals surface area (Å²) in [7, 11) is 1.55. The highest BCUT2D eigenvalue weighted by atomic mass is 79.9. The number of halogens is 3. The van der Waals surface area contributed by atoms with E-state index >= 15 is 0 Å². The zero-order chi connectivity index (χ0) is 14.7. The number of hydrogen-bond donors (Lipinski definition) is 2. The van der Waals surface area contributed by atoms with Gasteiger partial charge in [0.2, 0.25) is 0 Å². The fraction of sp³-hybridized carbons (Fsp3) is 0.143. The minimum atomic E-state index is -0.659. The smallest absolute Gasteiger partial charge is 0.133 e. The maximum absolute atomic E-state index is 13.8. The van der Waals surface area contributed by atoms with Crippen LogP contribution in [0.2, 0.25) is 0 Å². The SMILES string of the molecule is COc1ccc(C(NN)c2cc(F)ccc2F)cc1Br. The molecule has 3 nitrogen and oxygen atoms in total. The van der Waals surface area contributed by atoms with Crippen LogP contribution in [-0.4, -0.2) is 7.11 Å². The summed E-state index contributed by atoms with van der Waals surface area (Å²) >= 11 is 3.35. The van der Waals surface area contributed by atoms with E-state index < -0.39 is 17.7 Å². The Hall–Kier alpha value is -1.50. The topological polar surface area (TPSA) is 47.3 Å². The zero-order valence-electron chi connectivity index (χ0n) is 10.7. The van der Waals surface area contributed by atoms with Gasteiger partial charge in [-0.05, 0) is 51.8 Å². The highest BCUT2D eigenvalue weighted by Gasteiger charge is 2.18. The van der Waals surface area contributed by atoms with Gasteiger partial charge in [0, 0.05) is 5.56 Å². The Balaban J connectivity index is 2.46. The maximum Gasteiger partial charge on any atom is 0.133 e. The fourth-order valence-electron chi connectivity index (χ4n) is 1.96. The molecule has 20 heavy (non-hydrogen) atoms. The van der Waals surface area contributed by atoms with Crippen LogP contribution in [0.1, 0.15) is 17.2 Å². The van der Waals surface area contributed by atoms with Gasteiger partial charge in [-0.15, -0.1) is 0 Å². The van der Waals surface area contributed by atoms with Crippen LogP contribution in [0.3, 0.4) is 0 Å². The molecule has 106 valence electrons. The second-order valence-electron chi connectivity index (χ2n) is 4.16. The molecular weight excluding hydrogens is 330 g/mol. The molecule has 0 heterocycles. The molecule has 2 aromatic carbocycles. The number of rotatable bonds is 4. The molecule has 0 spiro atoms. The fourth-order valence-corrected chi connectivity index (χ4v) is 2.52. The van der Waals surface area contributed by atoms with E-state index in [2.05, 4.69) is 21.4 Å². The predicted octanol–water partition coefficient (Wildman–Crippen LogP) is 3.29. The molecule has 0 bridgehead atoms. The third-order valence-corrected chi connectivity index (χ3v) is 3.56. The van der Waals surface area contributed by atoms with Crippen molar-refractivity contribution in [2.75, 3.05) is 7.11 Å². The molecule has 0 fully saturated rings. The molecule has 0 radical (unpaired) electrons. The zero-order valence-corrected chi connectivity index (χ0v) is 12.2. The Bertz CT molecular complexity index is 622. The molecule has 2 aromatic rings. The molecular formula is C14H13BrF2N2O. The summed E-state index contributed by atoms with van der Waals surface area (Å²) in [4.78, 5) is 0. The molecule has 0 aliphatic carbocycles. The van der Waals surface area contributed by atoms with E-state index in [-0.39, 0.29) is 5.56 Å². The molecule has 0 saturated carbocycles. The van der Waals surface area contributed by atoms with Crippen molar-refractivity contribution in [1.82, 2.24) is 5.43 Å². The molecule has 1 unspecified atom stereocenters. The first-order valence-corrected chi connectivity index (χ1v) is 6.60. The quantitative estimate of drug-likeness (QED) is 0.662. The van der Waals surface area contributed by atoms with Gasteiger partial charge in [0.1, 0.15) is 17.4 Å². The number of methoxy groups -OCH3 is 1. The summed E-state index contributed by atoms with van der Waals surface area (Å²) in [6.45, 7) is 0. The third-order valence-electron chi connectivity index (χ3n) is 2.94. The van der Waals surface area contributed by atoms with Gasteiger partial charge in [-0.3, -0.25) is 5.84 Å². The Labute approximate surface area is 123 Å². The van der Waals surface area contributed by atoms with Crippen molar-refractivity contribution in [2.24, 2.45) is 5.84 Å².